The van der Waals surface area contributed by atoms with Gasteiger partial charge in [0.15, 0.2) is 0 Å². The van der Waals surface area contributed by atoms with E-state index in [4.69, 9.17) is 0 Å². The topological polar surface area (TPSA) is 13.0 Å². The van der Waals surface area contributed by atoms with Gasteiger partial charge in [-0.05, 0) is 74.7 Å². The number of hydrogen-bond acceptors (Lipinski definition) is 4. The van der Waals surface area contributed by atoms with Crippen LogP contribution in [0, 0.1) is 0 Å². The monoisotopic (exact) mass is 540 g/mol. The molecule has 0 unspecified atom stereocenters. The van der Waals surface area contributed by atoms with Crippen molar-refractivity contribution >= 4 is 59.2 Å². The van der Waals surface area contributed by atoms with Crippen LogP contribution in [0.1, 0.15) is 0 Å². The number of hydrogen-bond donors (Lipinski definition) is 0. The molecule has 0 N–H and O–H groups in total. The van der Waals surface area contributed by atoms with Crippen molar-refractivity contribution in [2.75, 3.05) is 16.9 Å². The summed E-state index contributed by atoms with van der Waals surface area (Å²) >= 11 is 0. The lowest BCUT2D eigenvalue weighted by atomic mass is 10.3. The lowest BCUT2D eigenvalue weighted by molar-refractivity contribution is 1.26. The zero-order valence-electron chi connectivity index (χ0n) is 21.6. The second kappa shape index (κ2) is 10.9. The first-order valence-electron chi connectivity index (χ1n) is 12.9. The minimum absolute atomic E-state index is 1.38. The molecule has 4 nitrogen and oxygen atoms in total. The molecule has 0 aromatic heterocycles. The zero-order valence-corrected chi connectivity index (χ0v) is 26.3. The molecule has 4 aromatic rings. The van der Waals surface area contributed by atoms with Crippen LogP contribution in [-0.4, -0.2) is 36.5 Å². The van der Waals surface area contributed by atoms with Gasteiger partial charge in [-0.3, -0.25) is 0 Å². The Hall–Kier alpha value is -3.05. The van der Waals surface area contributed by atoms with Crippen LogP contribution < -0.4 is 16.9 Å². The van der Waals surface area contributed by atoms with Crippen LogP contribution in [0.15, 0.2) is 121 Å². The van der Waals surface area contributed by atoms with Gasteiger partial charge in [-0.25, -0.2) is 0 Å². The van der Waals surface area contributed by atoms with Gasteiger partial charge in [0, 0.05) is 22.7 Å². The van der Waals surface area contributed by atoms with Crippen molar-refractivity contribution in [1.82, 2.24) is 0 Å². The number of para-hydroxylation sites is 4. The summed E-state index contributed by atoms with van der Waals surface area (Å²) in [5, 5.41) is 0. The summed E-state index contributed by atoms with van der Waals surface area (Å²) in [4.78, 5) is 0. The van der Waals surface area contributed by atoms with Crippen molar-refractivity contribution in [2.24, 2.45) is 0 Å². The van der Waals surface area contributed by atoms with Crippen molar-refractivity contribution in [1.29, 1.82) is 0 Å². The Morgan fingerprint density at radius 2 is 0.472 bits per heavy atom. The molecule has 0 amide bonds. The van der Waals surface area contributed by atoms with Gasteiger partial charge >= 0.3 is 0 Å². The molecular formula is C28H36N4Si4. The van der Waals surface area contributed by atoms with E-state index in [0.29, 0.717) is 0 Å². The van der Waals surface area contributed by atoms with Gasteiger partial charge in [0.1, 0.15) is 0 Å². The standard InChI is InChI=1S/C28H36N4Si4/c1-33-29(25-17-9-5-10-18-25)34(2)31(27-21-13-7-14-22-27)36(4)32(28-23-15-8-16-24-28)35(3)30(33)26-19-11-6-12-20-26/h5-24,33-36H,1-4H3. The van der Waals surface area contributed by atoms with Crippen molar-refractivity contribution in [3.05, 3.63) is 121 Å². The molecule has 5 rings (SSSR count). The first-order valence-corrected chi connectivity index (χ1v) is 21.7. The second-order valence-corrected chi connectivity index (χ2v) is 21.4. The van der Waals surface area contributed by atoms with Crippen molar-refractivity contribution in [2.45, 2.75) is 26.2 Å². The molecule has 1 aliphatic rings. The van der Waals surface area contributed by atoms with Crippen LogP contribution in [0.2, 0.25) is 26.2 Å². The Labute approximate surface area is 223 Å². The Bertz CT molecular complexity index is 1020. The van der Waals surface area contributed by atoms with Crippen LogP contribution in [-0.2, 0) is 0 Å². The summed E-state index contributed by atoms with van der Waals surface area (Å²) < 4.78 is 11.6. The third kappa shape index (κ3) is 4.69. The van der Waals surface area contributed by atoms with Crippen LogP contribution in [0.5, 0.6) is 0 Å². The molecule has 4 aromatic carbocycles. The van der Waals surface area contributed by atoms with Gasteiger partial charge in [0.05, 0.1) is 0 Å². The fourth-order valence-electron chi connectivity index (χ4n) is 5.91. The number of benzene rings is 4. The van der Waals surface area contributed by atoms with Crippen LogP contribution in [0.25, 0.3) is 0 Å². The van der Waals surface area contributed by atoms with E-state index < -0.39 is 36.5 Å². The first kappa shape index (κ1) is 24.6. The predicted molar refractivity (Wildman–Crippen MR) is 168 cm³/mol. The highest BCUT2D eigenvalue weighted by Gasteiger charge is 2.43. The average molecular weight is 541 g/mol. The molecule has 1 fully saturated rings. The van der Waals surface area contributed by atoms with Gasteiger partial charge in [-0.2, -0.15) is 0 Å². The number of anilines is 4. The van der Waals surface area contributed by atoms with Crippen molar-refractivity contribution in [3.63, 3.8) is 0 Å². The van der Waals surface area contributed by atoms with Gasteiger partial charge in [-0.1, -0.05) is 72.8 Å². The molecule has 0 aliphatic carbocycles. The van der Waals surface area contributed by atoms with E-state index in [-0.39, 0.29) is 0 Å². The Kier molecular flexibility index (Phi) is 7.47. The average Bonchev–Trinajstić information content (AvgIpc) is 2.91. The molecule has 0 spiro atoms. The van der Waals surface area contributed by atoms with Crippen molar-refractivity contribution in [3.8, 4) is 0 Å². The Morgan fingerprint density at radius 1 is 0.306 bits per heavy atom. The number of nitrogens with zero attached hydrogens (tertiary/aromatic N) is 4. The molecule has 0 atom stereocenters. The summed E-state index contributed by atoms with van der Waals surface area (Å²) in [5.74, 6) is 0. The van der Waals surface area contributed by atoms with E-state index in [9.17, 15) is 0 Å². The molecule has 0 radical (unpaired) electrons. The Balaban J connectivity index is 1.73. The molecule has 1 aliphatic heterocycles. The van der Waals surface area contributed by atoms with E-state index in [2.05, 4.69) is 164 Å². The summed E-state index contributed by atoms with van der Waals surface area (Å²) in [6, 6.07) is 44.8. The fraction of sp³-hybridized carbons (Fsp3) is 0.143. The lowest BCUT2D eigenvalue weighted by Crippen LogP contribution is -2.76. The van der Waals surface area contributed by atoms with Crippen LogP contribution in [0.4, 0.5) is 22.7 Å². The van der Waals surface area contributed by atoms with Crippen LogP contribution in [0.3, 0.4) is 0 Å². The van der Waals surface area contributed by atoms with E-state index in [1.807, 2.05) is 0 Å². The Morgan fingerprint density at radius 3 is 0.639 bits per heavy atom. The highest BCUT2D eigenvalue weighted by molar-refractivity contribution is 7.04. The van der Waals surface area contributed by atoms with E-state index in [0.717, 1.165) is 0 Å². The maximum absolute atomic E-state index is 2.90. The third-order valence-electron chi connectivity index (χ3n) is 7.44. The molecular weight excluding hydrogens is 505 g/mol. The highest BCUT2D eigenvalue weighted by Crippen LogP contribution is 2.33. The summed E-state index contributed by atoms with van der Waals surface area (Å²) in [6.07, 6.45) is 0. The lowest BCUT2D eigenvalue weighted by Gasteiger charge is -2.57. The van der Waals surface area contributed by atoms with Gasteiger partial charge in [0.2, 0.25) is 36.5 Å². The quantitative estimate of drug-likeness (QED) is 0.320. The minimum Gasteiger partial charge on any atom is -0.398 e. The largest absolute Gasteiger partial charge is 0.398 e. The minimum atomic E-state index is -1.59. The summed E-state index contributed by atoms with van der Waals surface area (Å²) in [7, 11) is -6.36. The van der Waals surface area contributed by atoms with E-state index in [1.165, 1.54) is 22.7 Å². The molecule has 0 bridgehead atoms. The normalized spacial score (nSPS) is 22.8. The van der Waals surface area contributed by atoms with E-state index >= 15 is 0 Å². The molecule has 8 heteroatoms. The highest BCUT2D eigenvalue weighted by atomic mass is 28.4. The van der Waals surface area contributed by atoms with Gasteiger partial charge in [0.25, 0.3) is 0 Å². The number of rotatable bonds is 4. The molecule has 1 saturated heterocycles. The third-order valence-corrected chi connectivity index (χ3v) is 26.6. The van der Waals surface area contributed by atoms with Gasteiger partial charge in [-0.15, -0.1) is 0 Å². The maximum Gasteiger partial charge on any atom is 0.230 e. The second-order valence-electron chi connectivity index (χ2n) is 9.50. The summed E-state index contributed by atoms with van der Waals surface area (Å²) in [5.41, 5.74) is 5.53. The summed E-state index contributed by atoms with van der Waals surface area (Å²) in [6.45, 7) is 10.2. The SMILES string of the molecule is C[SiH]1N(c2ccccc2)[SiH](C)N(c2ccccc2)[SiH](C)N(c2ccccc2)[SiH](C)N1c1ccccc1. The zero-order chi connectivity index (χ0) is 25.1. The van der Waals surface area contributed by atoms with E-state index in [1.54, 1.807) is 0 Å². The fourth-order valence-corrected chi connectivity index (χ4v) is 27.1. The predicted octanol–water partition coefficient (Wildman–Crippen LogP) is 5.43. The molecule has 184 valence electrons. The smallest absolute Gasteiger partial charge is 0.230 e. The van der Waals surface area contributed by atoms with Crippen LogP contribution >= 0.6 is 0 Å². The van der Waals surface area contributed by atoms with Crippen molar-refractivity contribution < 1.29 is 0 Å². The molecule has 1 heterocycles. The molecule has 36 heavy (non-hydrogen) atoms. The first-order chi connectivity index (χ1) is 17.6. The molecule has 0 saturated carbocycles. The van der Waals surface area contributed by atoms with Gasteiger partial charge < -0.3 is 16.9 Å². The maximum atomic E-state index is 2.90.